The van der Waals surface area contributed by atoms with E-state index in [-0.39, 0.29) is 0 Å². The second kappa shape index (κ2) is 12.0. The second-order valence-corrected chi connectivity index (χ2v) is 8.82. The number of hydrogen-bond acceptors (Lipinski definition) is 6. The van der Waals surface area contributed by atoms with Crippen molar-refractivity contribution in [2.75, 3.05) is 18.5 Å². The van der Waals surface area contributed by atoms with Crippen LogP contribution in [0, 0.1) is 0 Å². The fourth-order valence-electron chi connectivity index (χ4n) is 2.44. The van der Waals surface area contributed by atoms with E-state index in [1.54, 1.807) is 22.7 Å². The lowest BCUT2D eigenvalue weighted by Gasteiger charge is -2.16. The highest BCUT2D eigenvalue weighted by Crippen LogP contribution is 2.35. The maximum atomic E-state index is 6.05. The smallest absolute Gasteiger partial charge is 0.131 e. The molecule has 27 heavy (non-hydrogen) atoms. The Balaban J connectivity index is 0.000000244. The van der Waals surface area contributed by atoms with Crippen molar-refractivity contribution < 1.29 is 4.74 Å². The first-order valence-electron chi connectivity index (χ1n) is 8.96. The number of thiophene rings is 2. The minimum atomic E-state index is 0.314. The summed E-state index contributed by atoms with van der Waals surface area (Å²) in [5, 5.41) is 8.04. The van der Waals surface area contributed by atoms with Gasteiger partial charge in [-0.3, -0.25) is 0 Å². The van der Waals surface area contributed by atoms with Crippen molar-refractivity contribution in [2.24, 2.45) is 5.73 Å². The molecule has 4 heterocycles. The fourth-order valence-corrected chi connectivity index (χ4v) is 4.84. The van der Waals surface area contributed by atoms with Crippen LogP contribution in [-0.2, 0) is 11.3 Å². The van der Waals surface area contributed by atoms with Gasteiger partial charge in [0.25, 0.3) is 0 Å². The van der Waals surface area contributed by atoms with Crippen molar-refractivity contribution in [1.29, 1.82) is 0 Å². The van der Waals surface area contributed by atoms with Gasteiger partial charge < -0.3 is 15.8 Å². The summed E-state index contributed by atoms with van der Waals surface area (Å²) in [7, 11) is 0. The van der Waals surface area contributed by atoms with Gasteiger partial charge in [-0.15, -0.1) is 22.7 Å². The van der Waals surface area contributed by atoms with E-state index in [9.17, 15) is 0 Å². The number of nitrogens with zero attached hydrogens (tertiary/aromatic N) is 1. The summed E-state index contributed by atoms with van der Waals surface area (Å²) in [6, 6.07) is 6.36. The number of nitrogens with two attached hydrogens (primary N) is 1. The number of halogens is 2. The van der Waals surface area contributed by atoms with Gasteiger partial charge >= 0.3 is 0 Å². The third-order valence-electron chi connectivity index (χ3n) is 3.68. The van der Waals surface area contributed by atoms with Gasteiger partial charge in [-0.05, 0) is 40.2 Å². The Bertz CT molecular complexity index is 805. The normalized spacial score (nSPS) is 16.1. The van der Waals surface area contributed by atoms with E-state index >= 15 is 0 Å². The lowest BCUT2D eigenvalue weighted by atomic mass is 10.1. The zero-order chi connectivity index (χ0) is 19.6. The predicted molar refractivity (Wildman–Crippen MR) is 123 cm³/mol. The number of ether oxygens (including phenoxy) is 1. The molecule has 0 bridgehead atoms. The van der Waals surface area contributed by atoms with Gasteiger partial charge in [0.1, 0.15) is 5.15 Å². The molecule has 0 amide bonds. The van der Waals surface area contributed by atoms with Crippen LogP contribution in [0.4, 0.5) is 5.69 Å². The number of pyridine rings is 1. The van der Waals surface area contributed by atoms with E-state index in [1.165, 1.54) is 4.88 Å². The Morgan fingerprint density at radius 1 is 1.41 bits per heavy atom. The summed E-state index contributed by atoms with van der Waals surface area (Å²) in [6.07, 6.45) is 2.28. The van der Waals surface area contributed by atoms with Crippen LogP contribution in [-0.4, -0.2) is 24.2 Å². The highest BCUT2D eigenvalue weighted by molar-refractivity contribution is 9.10. The second-order valence-electron chi connectivity index (χ2n) is 5.66. The Hall–Kier alpha value is -0.700. The zero-order valence-electron chi connectivity index (χ0n) is 15.5. The van der Waals surface area contributed by atoms with E-state index < -0.39 is 0 Å². The quantitative estimate of drug-likeness (QED) is 0.409. The third-order valence-corrected chi connectivity index (χ3v) is 6.66. The average Bonchev–Trinajstić information content (AvgIpc) is 3.33. The number of rotatable bonds is 3. The zero-order valence-corrected chi connectivity index (χ0v) is 19.5. The van der Waals surface area contributed by atoms with E-state index in [2.05, 4.69) is 43.7 Å². The van der Waals surface area contributed by atoms with E-state index in [1.807, 2.05) is 25.3 Å². The van der Waals surface area contributed by atoms with Crippen LogP contribution in [0.2, 0.25) is 5.15 Å². The van der Waals surface area contributed by atoms with Gasteiger partial charge in [-0.1, -0.05) is 31.5 Å². The number of aromatic nitrogens is 1. The lowest BCUT2D eigenvalue weighted by molar-refractivity contribution is 0.0822. The largest absolute Gasteiger partial charge is 0.380 e. The molecule has 0 spiro atoms. The van der Waals surface area contributed by atoms with Crippen molar-refractivity contribution in [3.05, 3.63) is 43.5 Å². The van der Waals surface area contributed by atoms with Crippen LogP contribution in [0.3, 0.4) is 0 Å². The topological polar surface area (TPSA) is 60.2 Å². The molecule has 3 N–H and O–H groups in total. The Kier molecular flexibility index (Phi) is 10.0. The third kappa shape index (κ3) is 7.00. The minimum Gasteiger partial charge on any atom is -0.380 e. The van der Waals surface area contributed by atoms with Crippen molar-refractivity contribution in [2.45, 2.75) is 39.3 Å². The molecule has 4 nitrogen and oxygen atoms in total. The molecule has 1 fully saturated rings. The first kappa shape index (κ1) is 22.6. The van der Waals surface area contributed by atoms with Gasteiger partial charge in [0, 0.05) is 35.5 Å². The van der Waals surface area contributed by atoms with Crippen molar-refractivity contribution in [3.8, 4) is 0 Å². The van der Waals surface area contributed by atoms with Gasteiger partial charge in [0.15, 0.2) is 0 Å². The van der Waals surface area contributed by atoms with Crippen LogP contribution in [0.1, 0.15) is 31.6 Å². The molecule has 0 aliphatic carbocycles. The van der Waals surface area contributed by atoms with Gasteiger partial charge in [-0.25, -0.2) is 4.98 Å². The summed E-state index contributed by atoms with van der Waals surface area (Å²) < 4.78 is 7.17. The van der Waals surface area contributed by atoms with Crippen LogP contribution < -0.4 is 11.1 Å². The van der Waals surface area contributed by atoms with E-state index in [0.29, 0.717) is 11.2 Å². The summed E-state index contributed by atoms with van der Waals surface area (Å²) in [4.78, 5) is 5.63. The van der Waals surface area contributed by atoms with Crippen LogP contribution in [0.5, 0.6) is 0 Å². The average molecular weight is 491 g/mol. The molecular formula is C19H25BrClN3OS2. The Labute approximate surface area is 182 Å². The Morgan fingerprint density at radius 2 is 2.22 bits per heavy atom. The van der Waals surface area contributed by atoms with Crippen molar-refractivity contribution in [1.82, 2.24) is 4.98 Å². The number of hydrogen-bond donors (Lipinski definition) is 2. The van der Waals surface area contributed by atoms with E-state index in [4.69, 9.17) is 22.1 Å². The van der Waals surface area contributed by atoms with Crippen LogP contribution >= 0.6 is 50.2 Å². The molecule has 0 saturated carbocycles. The number of nitrogens with one attached hydrogen (secondary N) is 1. The van der Waals surface area contributed by atoms with Gasteiger partial charge in [-0.2, -0.15) is 0 Å². The molecule has 1 aliphatic rings. The fraction of sp³-hybridized carbons (Fsp3) is 0.421. The molecule has 3 aromatic heterocycles. The van der Waals surface area contributed by atoms with Crippen LogP contribution in [0.25, 0.3) is 10.2 Å². The molecule has 0 radical (unpaired) electrons. The van der Waals surface area contributed by atoms with E-state index in [0.717, 1.165) is 53.0 Å². The molecule has 1 aliphatic heterocycles. The first-order valence-corrected chi connectivity index (χ1v) is 11.9. The highest BCUT2D eigenvalue weighted by Gasteiger charge is 2.10. The lowest BCUT2D eigenvalue weighted by Crippen LogP contribution is -2.30. The molecule has 3 aromatic rings. The maximum absolute atomic E-state index is 6.05. The summed E-state index contributed by atoms with van der Waals surface area (Å²) >= 11 is 12.9. The SMILES string of the molecule is CC.Clc1cc(NCc2cccs2)c2scc(Br)c2n1.NC1CCCOC1. The van der Waals surface area contributed by atoms with Crippen molar-refractivity contribution >= 4 is 66.1 Å². The maximum Gasteiger partial charge on any atom is 0.131 e. The molecule has 8 heteroatoms. The first-order chi connectivity index (χ1) is 13.1. The molecule has 1 atom stereocenters. The predicted octanol–water partition coefficient (Wildman–Crippen LogP) is 6.54. The molecule has 0 aromatic carbocycles. The van der Waals surface area contributed by atoms with Crippen LogP contribution in [0.15, 0.2) is 33.4 Å². The molecule has 148 valence electrons. The Morgan fingerprint density at radius 3 is 2.81 bits per heavy atom. The monoisotopic (exact) mass is 489 g/mol. The number of anilines is 1. The molecule has 1 unspecified atom stereocenters. The summed E-state index contributed by atoms with van der Waals surface area (Å²) in [5.74, 6) is 0. The van der Waals surface area contributed by atoms with Gasteiger partial charge in [0.2, 0.25) is 0 Å². The van der Waals surface area contributed by atoms with Crippen molar-refractivity contribution in [3.63, 3.8) is 0 Å². The summed E-state index contributed by atoms with van der Waals surface area (Å²) in [6.45, 7) is 6.48. The highest BCUT2D eigenvalue weighted by atomic mass is 79.9. The van der Waals surface area contributed by atoms with Gasteiger partial charge in [0.05, 0.1) is 27.0 Å². The summed E-state index contributed by atoms with van der Waals surface area (Å²) in [5.41, 5.74) is 7.46. The molecular weight excluding hydrogens is 466 g/mol. The standard InChI is InChI=1S/C12H8BrClN2S2.C5H11NO.C2H6/c13-8-6-18-12-9(4-10(14)16-11(8)12)15-5-7-2-1-3-17-7;6-5-2-1-3-7-4-5;1-2/h1-4,6H,5H2,(H,15,16);5H,1-4,6H2;1-2H3. The molecule has 1 saturated heterocycles. The molecule has 4 rings (SSSR count). The number of fused-ring (bicyclic) bond motifs is 1. The minimum absolute atomic E-state index is 0.314.